The van der Waals surface area contributed by atoms with Crippen molar-refractivity contribution in [2.45, 2.75) is 13.0 Å². The molecule has 1 fully saturated rings. The summed E-state index contributed by atoms with van der Waals surface area (Å²) in [6.45, 7) is 3.08. The second-order valence-corrected chi connectivity index (χ2v) is 5.56. The number of benzene rings is 1. The predicted molar refractivity (Wildman–Crippen MR) is 88.4 cm³/mol. The van der Waals surface area contributed by atoms with Crippen LogP contribution in [0.5, 0.6) is 0 Å². The highest BCUT2D eigenvalue weighted by Crippen LogP contribution is 2.11. The number of fused-ring (bicyclic) bond motifs is 1. The molecule has 22 heavy (non-hydrogen) atoms. The molecule has 0 radical (unpaired) electrons. The van der Waals surface area contributed by atoms with Crippen molar-refractivity contribution >= 4 is 29.3 Å². The Morgan fingerprint density at radius 1 is 1.32 bits per heavy atom. The van der Waals surface area contributed by atoms with Crippen LogP contribution in [0.1, 0.15) is 6.42 Å². The lowest BCUT2D eigenvalue weighted by Crippen LogP contribution is -2.48. The van der Waals surface area contributed by atoms with E-state index in [-0.39, 0.29) is 24.0 Å². The van der Waals surface area contributed by atoms with Gasteiger partial charge in [-0.1, -0.05) is 12.1 Å². The molecule has 0 saturated carbocycles. The van der Waals surface area contributed by atoms with Gasteiger partial charge in [0, 0.05) is 45.6 Å². The second-order valence-electron chi connectivity index (χ2n) is 5.56. The van der Waals surface area contributed by atoms with E-state index in [1.54, 1.807) is 16.2 Å². The molecule has 1 aromatic carbocycles. The van der Waals surface area contributed by atoms with Crippen molar-refractivity contribution in [2.24, 2.45) is 13.0 Å². The highest BCUT2D eigenvalue weighted by atomic mass is 35.5. The first-order valence-electron chi connectivity index (χ1n) is 7.28. The highest BCUT2D eigenvalue weighted by molar-refractivity contribution is 5.85. The van der Waals surface area contributed by atoms with Crippen LogP contribution in [0.2, 0.25) is 0 Å². The van der Waals surface area contributed by atoms with Crippen LogP contribution in [0.4, 0.5) is 0 Å². The van der Waals surface area contributed by atoms with Crippen LogP contribution in [0.15, 0.2) is 29.1 Å². The van der Waals surface area contributed by atoms with Crippen molar-refractivity contribution < 1.29 is 4.79 Å². The Morgan fingerprint density at radius 2 is 2.00 bits per heavy atom. The summed E-state index contributed by atoms with van der Waals surface area (Å²) in [5, 5.41) is 6.10. The van der Waals surface area contributed by atoms with Gasteiger partial charge in [0.15, 0.2) is 0 Å². The van der Waals surface area contributed by atoms with Gasteiger partial charge in [0.2, 0.25) is 5.91 Å². The monoisotopic (exact) mass is 324 g/mol. The number of nitrogens with one attached hydrogen (secondary N) is 2. The SMILES string of the molecule is Cl.Cn1c(=O)n(CCC(=O)NCC2CNC2)c2ccccc21. The molecule has 2 heterocycles. The highest BCUT2D eigenvalue weighted by Gasteiger charge is 2.17. The molecule has 2 aromatic rings. The lowest BCUT2D eigenvalue weighted by Gasteiger charge is -2.27. The Kier molecular flexibility index (Phi) is 5.26. The van der Waals surface area contributed by atoms with E-state index in [1.807, 2.05) is 24.3 Å². The Hall–Kier alpha value is -1.79. The van der Waals surface area contributed by atoms with Gasteiger partial charge in [-0.05, 0) is 12.1 Å². The topological polar surface area (TPSA) is 68.1 Å². The van der Waals surface area contributed by atoms with Gasteiger partial charge in [0.1, 0.15) is 0 Å². The molecule has 1 aliphatic rings. The number of carbonyl (C=O) groups excluding carboxylic acids is 1. The zero-order valence-corrected chi connectivity index (χ0v) is 13.4. The third-order valence-corrected chi connectivity index (χ3v) is 4.07. The van der Waals surface area contributed by atoms with E-state index in [9.17, 15) is 9.59 Å². The average molecular weight is 325 g/mol. The normalized spacial score (nSPS) is 14.4. The Labute approximate surface area is 134 Å². The number of nitrogens with zero attached hydrogens (tertiary/aromatic N) is 2. The van der Waals surface area contributed by atoms with Crippen LogP contribution in [-0.4, -0.2) is 34.7 Å². The van der Waals surface area contributed by atoms with Gasteiger partial charge in [-0.15, -0.1) is 12.4 Å². The lowest BCUT2D eigenvalue weighted by atomic mass is 10.0. The molecular weight excluding hydrogens is 304 g/mol. The van der Waals surface area contributed by atoms with E-state index in [4.69, 9.17) is 0 Å². The maximum Gasteiger partial charge on any atom is 0.328 e. The first-order chi connectivity index (χ1) is 10.2. The molecule has 1 amide bonds. The van der Waals surface area contributed by atoms with Crippen molar-refractivity contribution in [3.05, 3.63) is 34.7 Å². The van der Waals surface area contributed by atoms with E-state index in [0.717, 1.165) is 30.7 Å². The number of rotatable bonds is 5. The molecule has 2 N–H and O–H groups in total. The molecule has 0 unspecified atom stereocenters. The number of hydrogen-bond acceptors (Lipinski definition) is 3. The van der Waals surface area contributed by atoms with Crippen molar-refractivity contribution in [1.29, 1.82) is 0 Å². The Balaban J connectivity index is 0.00000176. The molecule has 1 aliphatic heterocycles. The van der Waals surface area contributed by atoms with Gasteiger partial charge >= 0.3 is 5.69 Å². The third-order valence-electron chi connectivity index (χ3n) is 4.07. The standard InChI is InChI=1S/C15H20N4O2.ClH/c1-18-12-4-2-3-5-13(12)19(15(18)21)7-6-14(20)17-10-11-8-16-9-11;/h2-5,11,16H,6-10H2,1H3,(H,17,20);1H. The van der Waals surface area contributed by atoms with E-state index < -0.39 is 0 Å². The molecule has 0 bridgehead atoms. The minimum absolute atomic E-state index is 0. The van der Waals surface area contributed by atoms with Crippen molar-refractivity contribution in [3.8, 4) is 0 Å². The third kappa shape index (κ3) is 3.18. The van der Waals surface area contributed by atoms with Crippen LogP contribution in [0.3, 0.4) is 0 Å². The Bertz CT molecular complexity index is 718. The van der Waals surface area contributed by atoms with Gasteiger partial charge in [-0.2, -0.15) is 0 Å². The molecule has 3 rings (SSSR count). The number of aryl methyl sites for hydroxylation is 2. The minimum Gasteiger partial charge on any atom is -0.356 e. The molecule has 7 heteroatoms. The molecule has 1 saturated heterocycles. The number of aromatic nitrogens is 2. The quantitative estimate of drug-likeness (QED) is 0.841. The molecule has 0 spiro atoms. The van der Waals surface area contributed by atoms with Crippen LogP contribution >= 0.6 is 12.4 Å². The summed E-state index contributed by atoms with van der Waals surface area (Å²) >= 11 is 0. The summed E-state index contributed by atoms with van der Waals surface area (Å²) in [4.78, 5) is 24.1. The Morgan fingerprint density at radius 3 is 2.64 bits per heavy atom. The summed E-state index contributed by atoms with van der Waals surface area (Å²) in [6.07, 6.45) is 0.327. The fourth-order valence-electron chi connectivity index (χ4n) is 2.63. The maximum absolute atomic E-state index is 12.2. The van der Waals surface area contributed by atoms with Crippen molar-refractivity contribution in [3.63, 3.8) is 0 Å². The smallest absolute Gasteiger partial charge is 0.328 e. The number of para-hydroxylation sites is 2. The second kappa shape index (κ2) is 6.98. The summed E-state index contributed by atoms with van der Waals surface area (Å²) in [5.41, 5.74) is 1.69. The fourth-order valence-corrected chi connectivity index (χ4v) is 2.63. The fraction of sp³-hybridized carbons (Fsp3) is 0.467. The maximum atomic E-state index is 12.2. The van der Waals surface area contributed by atoms with E-state index >= 15 is 0 Å². The molecule has 0 atom stereocenters. The summed E-state index contributed by atoms with van der Waals surface area (Å²) in [7, 11) is 1.75. The molecule has 1 aromatic heterocycles. The summed E-state index contributed by atoms with van der Waals surface area (Å²) in [6, 6.07) is 7.64. The number of amides is 1. The van der Waals surface area contributed by atoms with Crippen molar-refractivity contribution in [1.82, 2.24) is 19.8 Å². The molecule has 0 aliphatic carbocycles. The zero-order valence-electron chi connectivity index (χ0n) is 12.5. The van der Waals surface area contributed by atoms with Crippen LogP contribution < -0.4 is 16.3 Å². The summed E-state index contributed by atoms with van der Waals surface area (Å²) < 4.78 is 3.28. The van der Waals surface area contributed by atoms with Gasteiger partial charge in [-0.3, -0.25) is 13.9 Å². The number of hydrogen-bond donors (Lipinski definition) is 2. The summed E-state index contributed by atoms with van der Waals surface area (Å²) in [5.74, 6) is 0.552. The lowest BCUT2D eigenvalue weighted by molar-refractivity contribution is -0.121. The van der Waals surface area contributed by atoms with Crippen LogP contribution in [0, 0.1) is 5.92 Å². The van der Waals surface area contributed by atoms with E-state index in [1.165, 1.54) is 0 Å². The van der Waals surface area contributed by atoms with Crippen LogP contribution in [0.25, 0.3) is 11.0 Å². The van der Waals surface area contributed by atoms with Gasteiger partial charge in [-0.25, -0.2) is 4.79 Å². The van der Waals surface area contributed by atoms with Crippen molar-refractivity contribution in [2.75, 3.05) is 19.6 Å². The van der Waals surface area contributed by atoms with E-state index in [0.29, 0.717) is 18.9 Å². The zero-order chi connectivity index (χ0) is 14.8. The number of halogens is 1. The molecule has 120 valence electrons. The largest absolute Gasteiger partial charge is 0.356 e. The number of imidazole rings is 1. The average Bonchev–Trinajstić information content (AvgIpc) is 2.68. The van der Waals surface area contributed by atoms with Crippen LogP contribution in [-0.2, 0) is 18.4 Å². The van der Waals surface area contributed by atoms with Gasteiger partial charge in [0.25, 0.3) is 0 Å². The van der Waals surface area contributed by atoms with E-state index in [2.05, 4.69) is 10.6 Å². The number of carbonyl (C=O) groups is 1. The van der Waals surface area contributed by atoms with Gasteiger partial charge in [0.05, 0.1) is 11.0 Å². The minimum atomic E-state index is -0.0767. The first kappa shape index (κ1) is 16.6. The molecular formula is C15H21ClN4O2. The molecule has 6 nitrogen and oxygen atoms in total. The first-order valence-corrected chi connectivity index (χ1v) is 7.28. The van der Waals surface area contributed by atoms with Gasteiger partial charge < -0.3 is 10.6 Å². The predicted octanol–water partition coefficient (Wildman–Crippen LogP) is 0.488.